The first-order chi connectivity index (χ1) is 9.90. The summed E-state index contributed by atoms with van der Waals surface area (Å²) >= 11 is 0. The molecule has 0 amide bonds. The van der Waals surface area contributed by atoms with Crippen LogP contribution in [0.25, 0.3) is 0 Å². The van der Waals surface area contributed by atoms with E-state index in [0.717, 1.165) is 18.9 Å². The molecule has 1 saturated heterocycles. The highest BCUT2D eigenvalue weighted by atomic mass is 16.5. The van der Waals surface area contributed by atoms with Crippen molar-refractivity contribution >= 4 is 0 Å². The fourth-order valence-electron chi connectivity index (χ4n) is 2.44. The van der Waals surface area contributed by atoms with Gasteiger partial charge >= 0.3 is 0 Å². The molecule has 20 heavy (non-hydrogen) atoms. The Morgan fingerprint density at radius 2 is 1.90 bits per heavy atom. The molecule has 0 aliphatic carbocycles. The van der Waals surface area contributed by atoms with Gasteiger partial charge in [-0.2, -0.15) is 4.98 Å². The Kier molecular flexibility index (Phi) is 4.40. The lowest BCUT2D eigenvalue weighted by atomic mass is 10.1. The van der Waals surface area contributed by atoms with Crippen molar-refractivity contribution in [3.8, 4) is 0 Å². The first-order valence-corrected chi connectivity index (χ1v) is 7.24. The van der Waals surface area contributed by atoms with Crippen molar-refractivity contribution in [1.29, 1.82) is 0 Å². The van der Waals surface area contributed by atoms with Crippen LogP contribution in [0.2, 0.25) is 0 Å². The molecule has 1 aromatic heterocycles. The average molecular weight is 272 g/mol. The summed E-state index contributed by atoms with van der Waals surface area (Å²) in [6, 6.07) is 10.2. The molecule has 2 heterocycles. The summed E-state index contributed by atoms with van der Waals surface area (Å²) in [5.41, 5.74) is 4.55. The molecule has 1 aromatic carbocycles. The van der Waals surface area contributed by atoms with Gasteiger partial charge in [0.25, 0.3) is 0 Å². The maximum Gasteiger partial charge on any atom is 0.242 e. The zero-order valence-electron chi connectivity index (χ0n) is 11.6. The first-order valence-electron chi connectivity index (χ1n) is 7.24. The lowest BCUT2D eigenvalue weighted by Crippen LogP contribution is -2.41. The lowest BCUT2D eigenvalue weighted by Gasteiger charge is -2.26. The number of benzene rings is 1. The summed E-state index contributed by atoms with van der Waals surface area (Å²) in [6.07, 6.45) is 4.57. The summed E-state index contributed by atoms with van der Waals surface area (Å²) in [4.78, 5) is 4.42. The molecule has 1 N–H and O–H groups in total. The highest BCUT2D eigenvalue weighted by Gasteiger charge is 2.12. The molecule has 0 saturated carbocycles. The van der Waals surface area contributed by atoms with Gasteiger partial charge in [-0.1, -0.05) is 41.9 Å². The molecule has 0 unspecified atom stereocenters. The number of hydrogen-bond donors (Lipinski definition) is 1. The van der Waals surface area contributed by atoms with Crippen molar-refractivity contribution in [2.24, 2.45) is 0 Å². The Bertz CT molecular complexity index is 520. The SMILES string of the molecule is c1ccc(Cc2noc(CNN3CCCCC3)n2)cc1. The van der Waals surface area contributed by atoms with E-state index in [0.29, 0.717) is 18.9 Å². The second kappa shape index (κ2) is 6.63. The summed E-state index contributed by atoms with van der Waals surface area (Å²) < 4.78 is 5.28. The van der Waals surface area contributed by atoms with Gasteiger partial charge in [-0.3, -0.25) is 0 Å². The van der Waals surface area contributed by atoms with Crippen LogP contribution in [0.4, 0.5) is 0 Å². The number of nitrogens with one attached hydrogen (secondary N) is 1. The molecule has 5 nitrogen and oxygen atoms in total. The predicted octanol–water partition coefficient (Wildman–Crippen LogP) is 2.15. The third-order valence-corrected chi connectivity index (χ3v) is 3.53. The van der Waals surface area contributed by atoms with Crippen LogP contribution in [0.5, 0.6) is 0 Å². The summed E-state index contributed by atoms with van der Waals surface area (Å²) in [5, 5.41) is 6.27. The van der Waals surface area contributed by atoms with E-state index in [1.54, 1.807) is 0 Å². The fraction of sp³-hybridized carbons (Fsp3) is 0.467. The summed E-state index contributed by atoms with van der Waals surface area (Å²) in [5.74, 6) is 1.40. The highest BCUT2D eigenvalue weighted by Crippen LogP contribution is 2.08. The van der Waals surface area contributed by atoms with Crippen LogP contribution in [0.3, 0.4) is 0 Å². The van der Waals surface area contributed by atoms with Crippen molar-refractivity contribution in [2.75, 3.05) is 13.1 Å². The van der Waals surface area contributed by atoms with Crippen LogP contribution in [0, 0.1) is 0 Å². The van der Waals surface area contributed by atoms with Gasteiger partial charge in [-0.15, -0.1) is 0 Å². The third kappa shape index (κ3) is 3.65. The van der Waals surface area contributed by atoms with Crippen LogP contribution < -0.4 is 5.43 Å². The fourth-order valence-corrected chi connectivity index (χ4v) is 2.44. The molecule has 3 rings (SSSR count). The van der Waals surface area contributed by atoms with E-state index in [-0.39, 0.29) is 0 Å². The second-order valence-corrected chi connectivity index (χ2v) is 5.15. The largest absolute Gasteiger partial charge is 0.338 e. The van der Waals surface area contributed by atoms with Crippen LogP contribution in [-0.2, 0) is 13.0 Å². The number of hydrogen-bond acceptors (Lipinski definition) is 5. The lowest BCUT2D eigenvalue weighted by molar-refractivity contribution is 0.143. The summed E-state index contributed by atoms with van der Waals surface area (Å²) in [7, 11) is 0. The van der Waals surface area contributed by atoms with Gasteiger partial charge < -0.3 is 4.52 Å². The van der Waals surface area contributed by atoms with Crippen LogP contribution in [-0.4, -0.2) is 28.2 Å². The molecule has 0 radical (unpaired) electrons. The van der Waals surface area contributed by atoms with Crippen molar-refractivity contribution in [3.05, 3.63) is 47.6 Å². The van der Waals surface area contributed by atoms with E-state index in [2.05, 4.69) is 32.7 Å². The van der Waals surface area contributed by atoms with Crippen LogP contribution in [0.15, 0.2) is 34.9 Å². The Hall–Kier alpha value is -1.72. The van der Waals surface area contributed by atoms with E-state index in [1.807, 2.05) is 18.2 Å². The molecule has 1 fully saturated rings. The Balaban J connectivity index is 1.51. The molecule has 0 spiro atoms. The molecule has 2 aromatic rings. The van der Waals surface area contributed by atoms with E-state index >= 15 is 0 Å². The van der Waals surface area contributed by atoms with Gasteiger partial charge in [0, 0.05) is 19.5 Å². The molecule has 5 heteroatoms. The minimum atomic E-state index is 0.613. The number of hydrazine groups is 1. The van der Waals surface area contributed by atoms with Crippen molar-refractivity contribution in [1.82, 2.24) is 20.6 Å². The van der Waals surface area contributed by atoms with Crippen molar-refractivity contribution in [3.63, 3.8) is 0 Å². The predicted molar refractivity (Wildman–Crippen MR) is 75.8 cm³/mol. The molecule has 106 valence electrons. The monoisotopic (exact) mass is 272 g/mol. The van der Waals surface area contributed by atoms with Crippen LogP contribution >= 0.6 is 0 Å². The Morgan fingerprint density at radius 1 is 1.10 bits per heavy atom. The van der Waals surface area contributed by atoms with Gasteiger partial charge in [-0.05, 0) is 18.4 Å². The standard InChI is InChI=1S/C15H20N4O/c1-3-7-13(8-4-1)11-14-17-15(20-18-14)12-16-19-9-5-2-6-10-19/h1,3-4,7-8,16H,2,5-6,9-12H2. The van der Waals surface area contributed by atoms with Gasteiger partial charge in [0.2, 0.25) is 5.89 Å². The van der Waals surface area contributed by atoms with E-state index < -0.39 is 0 Å². The minimum Gasteiger partial charge on any atom is -0.338 e. The third-order valence-electron chi connectivity index (χ3n) is 3.53. The summed E-state index contributed by atoms with van der Waals surface area (Å²) in [6.45, 7) is 2.82. The number of piperidine rings is 1. The normalized spacial score (nSPS) is 16.4. The molecule has 0 bridgehead atoms. The number of rotatable bonds is 5. The van der Waals surface area contributed by atoms with Crippen molar-refractivity contribution < 1.29 is 4.52 Å². The maximum absolute atomic E-state index is 5.28. The smallest absolute Gasteiger partial charge is 0.242 e. The average Bonchev–Trinajstić information content (AvgIpc) is 2.95. The molecule has 1 aliphatic heterocycles. The topological polar surface area (TPSA) is 54.2 Å². The molecule has 0 atom stereocenters. The number of nitrogens with zero attached hydrogens (tertiary/aromatic N) is 3. The van der Waals surface area contributed by atoms with E-state index in [1.165, 1.54) is 24.8 Å². The van der Waals surface area contributed by atoms with Gasteiger partial charge in [0.15, 0.2) is 5.82 Å². The first kappa shape index (κ1) is 13.3. The second-order valence-electron chi connectivity index (χ2n) is 5.15. The Morgan fingerprint density at radius 3 is 2.70 bits per heavy atom. The zero-order valence-corrected chi connectivity index (χ0v) is 11.6. The quantitative estimate of drug-likeness (QED) is 0.904. The molecular weight excluding hydrogens is 252 g/mol. The van der Waals surface area contributed by atoms with Gasteiger partial charge in [-0.25, -0.2) is 10.4 Å². The number of aromatic nitrogens is 2. The van der Waals surface area contributed by atoms with E-state index in [9.17, 15) is 0 Å². The maximum atomic E-state index is 5.28. The zero-order chi connectivity index (χ0) is 13.6. The molecule has 1 aliphatic rings. The molecular formula is C15H20N4O. The highest BCUT2D eigenvalue weighted by molar-refractivity contribution is 5.18. The Labute approximate surface area is 119 Å². The minimum absolute atomic E-state index is 0.613. The van der Waals surface area contributed by atoms with Gasteiger partial charge in [0.05, 0.1) is 6.54 Å². The van der Waals surface area contributed by atoms with Crippen LogP contribution in [0.1, 0.15) is 36.5 Å². The van der Waals surface area contributed by atoms with Crippen molar-refractivity contribution in [2.45, 2.75) is 32.2 Å². The van der Waals surface area contributed by atoms with E-state index in [4.69, 9.17) is 4.52 Å². The van der Waals surface area contributed by atoms with Gasteiger partial charge in [0.1, 0.15) is 0 Å².